The van der Waals surface area contributed by atoms with Gasteiger partial charge in [-0.3, -0.25) is 4.79 Å². The second-order valence-corrected chi connectivity index (χ2v) is 10.0. The van der Waals surface area contributed by atoms with E-state index < -0.39 is 0 Å². The molecule has 0 radical (unpaired) electrons. The van der Waals surface area contributed by atoms with Crippen molar-refractivity contribution in [2.24, 2.45) is 0 Å². The summed E-state index contributed by atoms with van der Waals surface area (Å²) in [5, 5.41) is 2.94. The lowest BCUT2D eigenvalue weighted by Gasteiger charge is -2.21. The Bertz CT molecular complexity index is 982. The molecule has 1 amide bonds. The zero-order valence-electron chi connectivity index (χ0n) is 17.2. The maximum Gasteiger partial charge on any atom is 0.257 e. The molecule has 0 bridgehead atoms. The minimum Gasteiger partial charge on any atom is -0.484 e. The van der Waals surface area contributed by atoms with E-state index in [1.54, 1.807) is 0 Å². The molecule has 2 aromatic carbocycles. The van der Waals surface area contributed by atoms with Crippen molar-refractivity contribution in [3.05, 3.63) is 59.9 Å². The van der Waals surface area contributed by atoms with Gasteiger partial charge in [0.25, 0.3) is 5.91 Å². The van der Waals surface area contributed by atoms with Gasteiger partial charge in [0.1, 0.15) is 11.6 Å². The topological polar surface area (TPSA) is 56.2 Å². The largest absolute Gasteiger partial charge is 0.484 e. The fourth-order valence-corrected chi connectivity index (χ4v) is 6.44. The number of imidazole rings is 1. The molecule has 1 N–H and O–H groups in total. The lowest BCUT2D eigenvalue weighted by molar-refractivity contribution is -0.123. The molecule has 1 fully saturated rings. The van der Waals surface area contributed by atoms with Gasteiger partial charge in [-0.2, -0.15) is 0 Å². The Balaban J connectivity index is 1.18. The fourth-order valence-electron chi connectivity index (χ4n) is 3.54. The average Bonchev–Trinajstić information content (AvgIpc) is 3.11. The summed E-state index contributed by atoms with van der Waals surface area (Å²) in [6.07, 6.45) is 2.14. The summed E-state index contributed by atoms with van der Waals surface area (Å²) in [5.41, 5.74) is 3.47. The van der Waals surface area contributed by atoms with Crippen LogP contribution in [-0.4, -0.2) is 40.1 Å². The van der Waals surface area contributed by atoms with E-state index >= 15 is 0 Å². The molecule has 7 heteroatoms. The van der Waals surface area contributed by atoms with Crippen molar-refractivity contribution in [3.63, 3.8) is 0 Å². The average molecular weight is 442 g/mol. The first-order chi connectivity index (χ1) is 14.7. The molecule has 1 aliphatic heterocycles. The predicted molar refractivity (Wildman–Crippen MR) is 126 cm³/mol. The monoisotopic (exact) mass is 441 g/mol. The van der Waals surface area contributed by atoms with Gasteiger partial charge < -0.3 is 14.6 Å². The molecule has 0 aliphatic carbocycles. The number of aryl methyl sites for hydroxylation is 2. The van der Waals surface area contributed by atoms with Crippen LogP contribution in [0.2, 0.25) is 0 Å². The van der Waals surface area contributed by atoms with Gasteiger partial charge in [0.15, 0.2) is 6.61 Å². The summed E-state index contributed by atoms with van der Waals surface area (Å²) in [6, 6.07) is 16.3. The summed E-state index contributed by atoms with van der Waals surface area (Å²) in [5.74, 6) is 4.10. The highest BCUT2D eigenvalue weighted by atomic mass is 32.2. The lowest BCUT2D eigenvalue weighted by Crippen LogP contribution is -2.30. The van der Waals surface area contributed by atoms with Crippen LogP contribution in [0.3, 0.4) is 0 Å². The van der Waals surface area contributed by atoms with E-state index in [-0.39, 0.29) is 12.5 Å². The van der Waals surface area contributed by atoms with Crippen LogP contribution in [0.25, 0.3) is 11.0 Å². The van der Waals surface area contributed by atoms with Gasteiger partial charge >= 0.3 is 0 Å². The summed E-state index contributed by atoms with van der Waals surface area (Å²) < 4.78 is 8.37. The molecule has 1 saturated heterocycles. The minimum absolute atomic E-state index is 0.0410. The number of aromatic nitrogens is 2. The Morgan fingerprint density at radius 3 is 2.73 bits per heavy atom. The maximum atomic E-state index is 12.1. The second-order valence-electron chi connectivity index (χ2n) is 7.29. The Morgan fingerprint density at radius 1 is 1.17 bits per heavy atom. The van der Waals surface area contributed by atoms with E-state index in [1.165, 1.54) is 23.5 Å². The Kier molecular flexibility index (Phi) is 7.23. The van der Waals surface area contributed by atoms with Gasteiger partial charge in [0.2, 0.25) is 0 Å². The van der Waals surface area contributed by atoms with Crippen LogP contribution in [0.15, 0.2) is 48.5 Å². The molecule has 158 valence electrons. The number of hydrogen-bond donors (Lipinski definition) is 1. The number of nitrogens with zero attached hydrogens (tertiary/aromatic N) is 2. The number of fused-ring (bicyclic) bond motifs is 1. The van der Waals surface area contributed by atoms with Gasteiger partial charge in [-0.1, -0.05) is 24.3 Å². The van der Waals surface area contributed by atoms with Crippen molar-refractivity contribution in [2.45, 2.75) is 30.9 Å². The number of nitrogens with one attached hydrogen (secondary N) is 1. The molecule has 4 rings (SSSR count). The van der Waals surface area contributed by atoms with Gasteiger partial charge in [0.05, 0.1) is 15.6 Å². The van der Waals surface area contributed by atoms with E-state index in [1.807, 2.05) is 60.8 Å². The van der Waals surface area contributed by atoms with Crippen LogP contribution < -0.4 is 10.1 Å². The van der Waals surface area contributed by atoms with Crippen molar-refractivity contribution in [2.75, 3.05) is 24.7 Å². The SMILES string of the molecule is Cc1nc2ccccc2n1CCCNC(=O)COc1ccc(C2SCCCS2)cc1. The van der Waals surface area contributed by atoms with Crippen LogP contribution >= 0.6 is 23.5 Å². The smallest absolute Gasteiger partial charge is 0.257 e. The summed E-state index contributed by atoms with van der Waals surface area (Å²) >= 11 is 4.01. The Hall–Kier alpha value is -2.12. The minimum atomic E-state index is -0.0929. The first kappa shape index (κ1) is 21.1. The van der Waals surface area contributed by atoms with E-state index in [0.717, 1.165) is 35.6 Å². The number of benzene rings is 2. The maximum absolute atomic E-state index is 12.1. The van der Waals surface area contributed by atoms with Crippen molar-refractivity contribution in [1.82, 2.24) is 14.9 Å². The third-order valence-corrected chi connectivity index (χ3v) is 8.09. The Morgan fingerprint density at radius 2 is 1.93 bits per heavy atom. The quantitative estimate of drug-likeness (QED) is 0.509. The highest BCUT2D eigenvalue weighted by Crippen LogP contribution is 2.43. The molecule has 0 unspecified atom stereocenters. The van der Waals surface area contributed by atoms with Crippen molar-refractivity contribution >= 4 is 40.5 Å². The summed E-state index contributed by atoms with van der Waals surface area (Å²) in [6.45, 7) is 3.50. The van der Waals surface area contributed by atoms with Crippen LogP contribution in [0.5, 0.6) is 5.75 Å². The number of hydrogen-bond acceptors (Lipinski definition) is 5. The standard InChI is InChI=1S/C23H27N3O2S2/c1-17-25-20-6-2-3-7-21(20)26(17)13-4-12-24-22(27)16-28-19-10-8-18(9-11-19)23-29-14-5-15-30-23/h2-3,6-11,23H,4-5,12-16H2,1H3,(H,24,27). The predicted octanol–water partition coefficient (Wildman–Crippen LogP) is 4.80. The number of amides is 1. The van der Waals surface area contributed by atoms with Crippen LogP contribution in [0.1, 0.15) is 28.8 Å². The van der Waals surface area contributed by atoms with Gasteiger partial charge in [-0.25, -0.2) is 4.98 Å². The number of para-hydroxylation sites is 2. The summed E-state index contributed by atoms with van der Waals surface area (Å²) in [4.78, 5) is 16.7. The molecule has 0 saturated carbocycles. The number of thioether (sulfide) groups is 2. The molecule has 1 aromatic heterocycles. The van der Waals surface area contributed by atoms with E-state index in [9.17, 15) is 4.79 Å². The third-order valence-electron chi connectivity index (χ3n) is 5.08. The molecule has 0 spiro atoms. The Labute approximate surface area is 186 Å². The molecule has 30 heavy (non-hydrogen) atoms. The van der Waals surface area contributed by atoms with E-state index in [4.69, 9.17) is 4.74 Å². The summed E-state index contributed by atoms with van der Waals surface area (Å²) in [7, 11) is 0. The zero-order chi connectivity index (χ0) is 20.8. The fraction of sp³-hybridized carbons (Fsp3) is 0.391. The second kappa shape index (κ2) is 10.3. The normalized spacial score (nSPS) is 14.7. The zero-order valence-corrected chi connectivity index (χ0v) is 18.8. The van der Waals surface area contributed by atoms with Crippen LogP contribution in [0.4, 0.5) is 0 Å². The molecule has 3 aromatic rings. The van der Waals surface area contributed by atoms with Crippen LogP contribution in [-0.2, 0) is 11.3 Å². The molecular weight excluding hydrogens is 414 g/mol. The number of carbonyl (C=O) groups is 1. The number of rotatable bonds is 8. The molecular formula is C23H27N3O2S2. The molecule has 1 aliphatic rings. The number of carbonyl (C=O) groups excluding carboxylic acids is 1. The highest BCUT2D eigenvalue weighted by molar-refractivity contribution is 8.16. The van der Waals surface area contributed by atoms with Gasteiger partial charge in [0, 0.05) is 13.1 Å². The lowest BCUT2D eigenvalue weighted by atomic mass is 10.2. The first-order valence-corrected chi connectivity index (χ1v) is 12.4. The molecule has 0 atom stereocenters. The molecule has 5 nitrogen and oxygen atoms in total. The number of ether oxygens (including phenoxy) is 1. The third kappa shape index (κ3) is 5.32. The van der Waals surface area contributed by atoms with E-state index in [2.05, 4.69) is 33.1 Å². The molecule has 2 heterocycles. The van der Waals surface area contributed by atoms with Crippen LogP contribution in [0, 0.1) is 6.92 Å². The van der Waals surface area contributed by atoms with Crippen molar-refractivity contribution < 1.29 is 9.53 Å². The van der Waals surface area contributed by atoms with Gasteiger partial charge in [-0.15, -0.1) is 23.5 Å². The van der Waals surface area contributed by atoms with Gasteiger partial charge in [-0.05, 0) is 61.1 Å². The van der Waals surface area contributed by atoms with Crippen molar-refractivity contribution in [1.29, 1.82) is 0 Å². The van der Waals surface area contributed by atoms with Crippen molar-refractivity contribution in [3.8, 4) is 5.75 Å². The van der Waals surface area contributed by atoms with E-state index in [0.29, 0.717) is 11.1 Å². The highest BCUT2D eigenvalue weighted by Gasteiger charge is 2.16. The first-order valence-electron chi connectivity index (χ1n) is 10.4.